The van der Waals surface area contributed by atoms with Gasteiger partial charge in [0.1, 0.15) is 0 Å². The Hall–Kier alpha value is 0.467. The summed E-state index contributed by atoms with van der Waals surface area (Å²) in [5.41, 5.74) is 0. The first-order chi connectivity index (χ1) is 8.00. The van der Waals surface area contributed by atoms with Crippen molar-refractivity contribution in [1.82, 2.24) is 0 Å². The largest absolute Gasteiger partial charge is 0.378 e. The fraction of sp³-hybridized carbons (Fsp3) is 1.00. The van der Waals surface area contributed by atoms with Gasteiger partial charge in [0, 0.05) is 6.61 Å². The van der Waals surface area contributed by atoms with Gasteiger partial charge in [0.15, 0.2) is 8.11 Å². The molecule has 3 unspecified atom stereocenters. The highest BCUT2D eigenvalue weighted by Gasteiger charge is 2.31. The molecule has 1 radical (unpaired) electrons. The van der Waals surface area contributed by atoms with E-state index < -0.39 is 8.11 Å². The van der Waals surface area contributed by atoms with E-state index in [1.807, 2.05) is 0 Å². The van der Waals surface area contributed by atoms with Gasteiger partial charge in [-0.3, -0.25) is 0 Å². The minimum absolute atomic E-state index is 0.501. The van der Waals surface area contributed by atoms with Gasteiger partial charge < -0.3 is 4.74 Å². The molecule has 1 aliphatic rings. The zero-order chi connectivity index (χ0) is 12.8. The third-order valence-electron chi connectivity index (χ3n) is 3.96. The number of hydrogen-bond acceptors (Lipinski definition) is 1. The fourth-order valence-electron chi connectivity index (χ4n) is 2.86. The van der Waals surface area contributed by atoms with E-state index in [2.05, 4.69) is 27.3 Å². The van der Waals surface area contributed by atoms with Gasteiger partial charge in [-0.15, -0.1) is 0 Å². The van der Waals surface area contributed by atoms with Gasteiger partial charge in [-0.1, -0.05) is 33.7 Å². The van der Waals surface area contributed by atoms with Gasteiger partial charge in [0.25, 0.3) is 0 Å². The van der Waals surface area contributed by atoms with Crippen molar-refractivity contribution in [2.24, 2.45) is 17.8 Å². The molecule has 101 valence electrons. The second kappa shape index (κ2) is 7.80. The lowest BCUT2D eigenvalue weighted by Crippen LogP contribution is -2.34. The molecule has 0 amide bonds. The van der Waals surface area contributed by atoms with E-state index in [4.69, 9.17) is 15.8 Å². The van der Waals surface area contributed by atoms with Crippen LogP contribution in [-0.2, 0) is 4.74 Å². The second-order valence-electron chi connectivity index (χ2n) is 6.02. The summed E-state index contributed by atoms with van der Waals surface area (Å²) in [6, 6.07) is 1.17. The van der Waals surface area contributed by atoms with Crippen LogP contribution in [0.5, 0.6) is 0 Å². The predicted octanol–water partition coefficient (Wildman–Crippen LogP) is 4.71. The van der Waals surface area contributed by atoms with Gasteiger partial charge in [0.05, 0.1) is 6.10 Å². The summed E-state index contributed by atoms with van der Waals surface area (Å²) in [4.78, 5) is 0. The van der Waals surface area contributed by atoms with Crippen LogP contribution >= 0.6 is 11.1 Å². The molecular weight excluding hydrogens is 248 g/mol. The normalized spacial score (nSPS) is 30.2. The van der Waals surface area contributed by atoms with E-state index >= 15 is 0 Å². The standard InChI is InChI=1S/C14H28ClOSi/c1-11(2)13-7-6-12(3)10-14(13)16-8-5-9-17(4)15/h11-14H,5-10H2,1-4H3. The number of rotatable bonds is 6. The summed E-state index contributed by atoms with van der Waals surface area (Å²) in [7, 11) is -0.585. The lowest BCUT2D eigenvalue weighted by molar-refractivity contribution is -0.0379. The highest BCUT2D eigenvalue weighted by molar-refractivity contribution is 7.06. The quantitative estimate of drug-likeness (QED) is 0.387. The van der Waals surface area contributed by atoms with Crippen molar-refractivity contribution >= 4 is 19.2 Å². The van der Waals surface area contributed by atoms with Crippen molar-refractivity contribution in [3.8, 4) is 0 Å². The van der Waals surface area contributed by atoms with Crippen LogP contribution in [0.3, 0.4) is 0 Å². The SMILES string of the molecule is CC1CCC(C(C)C)C(OCCC[Si](C)Cl)C1. The Labute approximate surface area is 114 Å². The molecule has 1 saturated carbocycles. The van der Waals surface area contributed by atoms with Crippen LogP contribution in [-0.4, -0.2) is 20.8 Å². The third kappa shape index (κ3) is 5.76. The molecule has 0 aromatic carbocycles. The maximum absolute atomic E-state index is 6.14. The zero-order valence-corrected chi connectivity index (χ0v) is 13.6. The molecule has 0 bridgehead atoms. The monoisotopic (exact) mass is 275 g/mol. The molecule has 1 rings (SSSR count). The van der Waals surface area contributed by atoms with Gasteiger partial charge in [0.2, 0.25) is 0 Å². The molecule has 0 aromatic rings. The molecule has 3 heteroatoms. The highest BCUT2D eigenvalue weighted by Crippen LogP contribution is 2.35. The Morgan fingerprint density at radius 1 is 1.35 bits per heavy atom. The number of ether oxygens (including phenoxy) is 1. The molecule has 17 heavy (non-hydrogen) atoms. The van der Waals surface area contributed by atoms with Gasteiger partial charge in [-0.2, -0.15) is 11.1 Å². The minimum Gasteiger partial charge on any atom is -0.378 e. The molecular formula is C14H28ClOSi. The minimum atomic E-state index is -0.585. The third-order valence-corrected chi connectivity index (χ3v) is 5.57. The maximum Gasteiger partial charge on any atom is 0.162 e. The first kappa shape index (κ1) is 15.5. The van der Waals surface area contributed by atoms with Crippen LogP contribution < -0.4 is 0 Å². The van der Waals surface area contributed by atoms with E-state index in [1.54, 1.807) is 0 Å². The Morgan fingerprint density at radius 2 is 2.06 bits per heavy atom. The van der Waals surface area contributed by atoms with Crippen LogP contribution in [0.4, 0.5) is 0 Å². The summed E-state index contributed by atoms with van der Waals surface area (Å²) >= 11 is 6.05. The number of hydrogen-bond donors (Lipinski definition) is 0. The molecule has 0 N–H and O–H groups in total. The summed E-state index contributed by atoms with van der Waals surface area (Å²) < 4.78 is 6.14. The van der Waals surface area contributed by atoms with Crippen LogP contribution in [0.25, 0.3) is 0 Å². The van der Waals surface area contributed by atoms with E-state index in [9.17, 15) is 0 Å². The maximum atomic E-state index is 6.14. The topological polar surface area (TPSA) is 9.23 Å². The smallest absolute Gasteiger partial charge is 0.162 e. The van der Waals surface area contributed by atoms with Crippen LogP contribution in [0.2, 0.25) is 12.6 Å². The average Bonchev–Trinajstić information content (AvgIpc) is 2.23. The predicted molar refractivity (Wildman–Crippen MR) is 78.0 cm³/mol. The lowest BCUT2D eigenvalue weighted by atomic mass is 9.75. The number of halogens is 1. The van der Waals surface area contributed by atoms with Gasteiger partial charge in [-0.05, 0) is 43.1 Å². The van der Waals surface area contributed by atoms with E-state index in [-0.39, 0.29) is 0 Å². The molecule has 1 nitrogen and oxygen atoms in total. The first-order valence-electron chi connectivity index (χ1n) is 7.10. The average molecular weight is 276 g/mol. The molecule has 0 aliphatic heterocycles. The van der Waals surface area contributed by atoms with Gasteiger partial charge in [-0.25, -0.2) is 0 Å². The summed E-state index contributed by atoms with van der Waals surface area (Å²) in [5.74, 6) is 2.37. The summed E-state index contributed by atoms with van der Waals surface area (Å²) in [6.07, 6.45) is 5.63. The van der Waals surface area contributed by atoms with Gasteiger partial charge >= 0.3 is 0 Å². The van der Waals surface area contributed by atoms with Crippen molar-refractivity contribution in [2.45, 2.75) is 65.1 Å². The summed E-state index contributed by atoms with van der Waals surface area (Å²) in [5, 5.41) is 0. The first-order valence-corrected chi connectivity index (χ1v) is 10.3. The highest BCUT2D eigenvalue weighted by atomic mass is 35.6. The van der Waals surface area contributed by atoms with Crippen LogP contribution in [0.15, 0.2) is 0 Å². The van der Waals surface area contributed by atoms with Crippen molar-refractivity contribution in [3.05, 3.63) is 0 Å². The van der Waals surface area contributed by atoms with Crippen molar-refractivity contribution in [3.63, 3.8) is 0 Å². The molecule has 0 heterocycles. The Bertz CT molecular complexity index is 208. The Morgan fingerprint density at radius 3 is 2.65 bits per heavy atom. The fourth-order valence-corrected chi connectivity index (χ4v) is 3.89. The molecule has 1 fully saturated rings. The van der Waals surface area contributed by atoms with Crippen molar-refractivity contribution in [2.75, 3.05) is 6.61 Å². The summed E-state index contributed by atoms with van der Waals surface area (Å²) in [6.45, 7) is 10.1. The van der Waals surface area contributed by atoms with Crippen LogP contribution in [0.1, 0.15) is 46.5 Å². The second-order valence-corrected chi connectivity index (χ2v) is 9.80. The van der Waals surface area contributed by atoms with Crippen LogP contribution in [0, 0.1) is 17.8 Å². The Kier molecular flexibility index (Phi) is 7.13. The van der Waals surface area contributed by atoms with E-state index in [1.165, 1.54) is 25.3 Å². The molecule has 1 aliphatic carbocycles. The zero-order valence-electron chi connectivity index (χ0n) is 11.8. The van der Waals surface area contributed by atoms with Crippen molar-refractivity contribution < 1.29 is 4.74 Å². The van der Waals surface area contributed by atoms with Crippen molar-refractivity contribution in [1.29, 1.82) is 0 Å². The molecule has 3 atom stereocenters. The Balaban J connectivity index is 2.31. The van der Waals surface area contributed by atoms with E-state index in [0.29, 0.717) is 6.10 Å². The lowest BCUT2D eigenvalue weighted by Gasteiger charge is -2.37. The molecule has 0 spiro atoms. The molecule has 0 saturated heterocycles. The molecule has 0 aromatic heterocycles. The van der Waals surface area contributed by atoms with E-state index in [0.717, 1.165) is 30.8 Å².